The lowest BCUT2D eigenvalue weighted by Crippen LogP contribution is -2.13. The zero-order valence-electron chi connectivity index (χ0n) is 6.40. The molecule has 0 bridgehead atoms. The van der Waals surface area contributed by atoms with Gasteiger partial charge in [-0.15, -0.1) is 0 Å². The summed E-state index contributed by atoms with van der Waals surface area (Å²) in [4.78, 5) is 10.9. The Balaban J connectivity index is 3.37. The Morgan fingerprint density at radius 1 is 1.58 bits per heavy atom. The van der Waals surface area contributed by atoms with Gasteiger partial charge in [-0.2, -0.15) is 0 Å². The molecule has 12 heavy (non-hydrogen) atoms. The first-order valence-corrected chi connectivity index (χ1v) is 4.73. The number of carbonyl (C=O) groups excluding carboxylic acids is 1. The van der Waals surface area contributed by atoms with Crippen molar-refractivity contribution in [3.63, 3.8) is 0 Å². The molecule has 0 spiro atoms. The maximum atomic E-state index is 10.9. The van der Waals surface area contributed by atoms with E-state index in [-0.39, 0.29) is 0 Å². The van der Waals surface area contributed by atoms with Crippen molar-refractivity contribution in [3.8, 4) is 0 Å². The summed E-state index contributed by atoms with van der Waals surface area (Å²) in [6, 6.07) is 3.53. The summed E-state index contributed by atoms with van der Waals surface area (Å²) >= 11 is 7.85. The van der Waals surface area contributed by atoms with Crippen LogP contribution in [0.1, 0.15) is 15.9 Å². The zero-order valence-corrected chi connectivity index (χ0v) is 9.31. The zero-order chi connectivity index (χ0) is 9.30. The number of halogens is 2. The van der Waals surface area contributed by atoms with Gasteiger partial charge in [-0.05, 0) is 47.2 Å². The van der Waals surface area contributed by atoms with Gasteiger partial charge in [0.1, 0.15) is 0 Å². The maximum Gasteiger partial charge on any atom is 0.249 e. The van der Waals surface area contributed by atoms with Crippen molar-refractivity contribution in [3.05, 3.63) is 31.9 Å². The van der Waals surface area contributed by atoms with Gasteiger partial charge in [-0.25, -0.2) is 0 Å². The largest absolute Gasteiger partial charge is 0.366 e. The Hall–Kier alpha value is -0.290. The Morgan fingerprint density at radius 3 is 2.67 bits per heavy atom. The highest BCUT2D eigenvalue weighted by molar-refractivity contribution is 14.1. The number of aryl methyl sites for hydroxylation is 1. The standard InChI is InChI=1S/C8H7ClINO/c1-4-2-5(8(11)12)7(10)6(9)3-4/h2-3H,1H3,(H2,11,12). The lowest BCUT2D eigenvalue weighted by atomic mass is 10.1. The second-order valence-corrected chi connectivity index (χ2v) is 3.96. The molecule has 2 N–H and O–H groups in total. The fourth-order valence-corrected chi connectivity index (χ4v) is 1.76. The van der Waals surface area contributed by atoms with Crippen molar-refractivity contribution >= 4 is 40.1 Å². The summed E-state index contributed by atoms with van der Waals surface area (Å²) in [5.74, 6) is -0.440. The molecule has 0 aliphatic rings. The molecule has 0 saturated carbocycles. The van der Waals surface area contributed by atoms with Crippen LogP contribution in [0.3, 0.4) is 0 Å². The minimum atomic E-state index is -0.440. The van der Waals surface area contributed by atoms with Crippen molar-refractivity contribution in [2.75, 3.05) is 0 Å². The molecule has 0 aromatic heterocycles. The number of nitrogens with two attached hydrogens (primary N) is 1. The van der Waals surface area contributed by atoms with E-state index in [9.17, 15) is 4.79 Å². The van der Waals surface area contributed by atoms with Crippen LogP contribution >= 0.6 is 34.2 Å². The van der Waals surface area contributed by atoms with Gasteiger partial charge in [0.2, 0.25) is 5.91 Å². The number of hydrogen-bond donors (Lipinski definition) is 1. The van der Waals surface area contributed by atoms with Crippen molar-refractivity contribution < 1.29 is 4.79 Å². The van der Waals surface area contributed by atoms with Crippen LogP contribution in [0, 0.1) is 10.5 Å². The summed E-state index contributed by atoms with van der Waals surface area (Å²) in [5.41, 5.74) is 6.58. The van der Waals surface area contributed by atoms with E-state index in [4.69, 9.17) is 17.3 Å². The quantitative estimate of drug-likeness (QED) is 0.794. The van der Waals surface area contributed by atoms with Crippen LogP contribution in [0.25, 0.3) is 0 Å². The van der Waals surface area contributed by atoms with E-state index in [2.05, 4.69) is 0 Å². The van der Waals surface area contributed by atoms with Crippen LogP contribution in [0.5, 0.6) is 0 Å². The molecule has 0 aliphatic carbocycles. The van der Waals surface area contributed by atoms with Gasteiger partial charge in [-0.3, -0.25) is 4.79 Å². The first-order valence-electron chi connectivity index (χ1n) is 3.28. The van der Waals surface area contributed by atoms with Crippen molar-refractivity contribution in [1.29, 1.82) is 0 Å². The van der Waals surface area contributed by atoms with Crippen LogP contribution in [0.15, 0.2) is 12.1 Å². The third kappa shape index (κ3) is 1.90. The average molecular weight is 296 g/mol. The molecular weight excluding hydrogens is 288 g/mol. The molecule has 0 unspecified atom stereocenters. The molecule has 1 amide bonds. The van der Waals surface area contributed by atoms with Crippen molar-refractivity contribution in [2.45, 2.75) is 6.92 Å². The number of hydrogen-bond acceptors (Lipinski definition) is 1. The van der Waals surface area contributed by atoms with Gasteiger partial charge >= 0.3 is 0 Å². The van der Waals surface area contributed by atoms with Crippen LogP contribution < -0.4 is 5.73 Å². The first-order chi connectivity index (χ1) is 5.52. The minimum Gasteiger partial charge on any atom is -0.366 e. The van der Waals surface area contributed by atoms with Gasteiger partial charge in [-0.1, -0.05) is 11.6 Å². The smallest absolute Gasteiger partial charge is 0.249 e. The van der Waals surface area contributed by atoms with Gasteiger partial charge in [0.15, 0.2) is 0 Å². The molecule has 0 radical (unpaired) electrons. The van der Waals surface area contributed by atoms with Gasteiger partial charge < -0.3 is 5.73 Å². The first kappa shape index (κ1) is 9.80. The fraction of sp³-hybridized carbons (Fsp3) is 0.125. The highest BCUT2D eigenvalue weighted by atomic mass is 127. The van der Waals surface area contributed by atoms with E-state index in [0.717, 1.165) is 5.56 Å². The van der Waals surface area contributed by atoms with Gasteiger partial charge in [0.05, 0.1) is 10.6 Å². The van der Waals surface area contributed by atoms with E-state index in [0.29, 0.717) is 14.2 Å². The van der Waals surface area contributed by atoms with E-state index in [1.807, 2.05) is 29.5 Å². The predicted molar refractivity (Wildman–Crippen MR) is 57.4 cm³/mol. The number of amides is 1. The number of rotatable bonds is 1. The molecular formula is C8H7ClINO. The van der Waals surface area contributed by atoms with E-state index in [1.165, 1.54) is 0 Å². The Morgan fingerprint density at radius 2 is 2.17 bits per heavy atom. The van der Waals surface area contributed by atoms with Crippen LogP contribution in [0.4, 0.5) is 0 Å². The number of primary amides is 1. The number of carbonyl (C=O) groups is 1. The summed E-state index contributed by atoms with van der Waals surface area (Å²) in [5, 5.41) is 0.574. The molecule has 1 aromatic carbocycles. The third-order valence-electron chi connectivity index (χ3n) is 1.44. The Bertz CT molecular complexity index is 338. The second-order valence-electron chi connectivity index (χ2n) is 2.47. The SMILES string of the molecule is Cc1cc(Cl)c(I)c(C(N)=O)c1. The van der Waals surface area contributed by atoms with Crippen LogP contribution in [0.2, 0.25) is 5.02 Å². The molecule has 0 saturated heterocycles. The Kier molecular flexibility index (Phi) is 2.95. The summed E-state index contributed by atoms with van der Waals surface area (Å²) in [7, 11) is 0. The number of benzene rings is 1. The topological polar surface area (TPSA) is 43.1 Å². The molecule has 0 fully saturated rings. The van der Waals surface area contributed by atoms with E-state index in [1.54, 1.807) is 12.1 Å². The predicted octanol–water partition coefficient (Wildman–Crippen LogP) is 2.35. The molecule has 1 aromatic rings. The van der Waals surface area contributed by atoms with E-state index >= 15 is 0 Å². The van der Waals surface area contributed by atoms with Crippen molar-refractivity contribution in [1.82, 2.24) is 0 Å². The molecule has 0 atom stereocenters. The van der Waals surface area contributed by atoms with E-state index < -0.39 is 5.91 Å². The maximum absolute atomic E-state index is 10.9. The second kappa shape index (κ2) is 3.62. The lowest BCUT2D eigenvalue weighted by Gasteiger charge is -2.03. The summed E-state index contributed by atoms with van der Waals surface area (Å²) in [6.07, 6.45) is 0. The third-order valence-corrected chi connectivity index (χ3v) is 3.22. The van der Waals surface area contributed by atoms with Gasteiger partial charge in [0.25, 0.3) is 0 Å². The molecule has 1 rings (SSSR count). The minimum absolute atomic E-state index is 0.440. The Labute approximate surface area is 89.2 Å². The molecule has 0 aliphatic heterocycles. The summed E-state index contributed by atoms with van der Waals surface area (Å²) < 4.78 is 0.715. The lowest BCUT2D eigenvalue weighted by molar-refractivity contribution is 0.0999. The van der Waals surface area contributed by atoms with Crippen LogP contribution in [-0.2, 0) is 0 Å². The van der Waals surface area contributed by atoms with Crippen molar-refractivity contribution in [2.24, 2.45) is 5.73 Å². The molecule has 0 heterocycles. The highest BCUT2D eigenvalue weighted by Crippen LogP contribution is 2.23. The highest BCUT2D eigenvalue weighted by Gasteiger charge is 2.09. The monoisotopic (exact) mass is 295 g/mol. The average Bonchev–Trinajstić information content (AvgIpc) is 1.96. The molecule has 64 valence electrons. The molecule has 2 nitrogen and oxygen atoms in total. The van der Waals surface area contributed by atoms with Gasteiger partial charge in [0, 0.05) is 3.57 Å². The summed E-state index contributed by atoms with van der Waals surface area (Å²) in [6.45, 7) is 1.87. The fourth-order valence-electron chi connectivity index (χ4n) is 0.904. The normalized spacial score (nSPS) is 9.92. The van der Waals surface area contributed by atoms with Crippen LogP contribution in [-0.4, -0.2) is 5.91 Å². The molecule has 4 heteroatoms.